The summed E-state index contributed by atoms with van der Waals surface area (Å²) in [6, 6.07) is 5.12. The summed E-state index contributed by atoms with van der Waals surface area (Å²) in [6.45, 7) is 0. The van der Waals surface area contributed by atoms with Crippen LogP contribution in [0.15, 0.2) is 18.2 Å². The van der Waals surface area contributed by atoms with Gasteiger partial charge < -0.3 is 4.29 Å². The molecule has 0 aliphatic heterocycles. The Hall–Kier alpha value is -0.440. The lowest BCUT2D eigenvalue weighted by molar-refractivity contribution is -0.133. The van der Waals surface area contributed by atoms with E-state index < -0.39 is 5.97 Å². The van der Waals surface area contributed by atoms with Crippen molar-refractivity contribution in [1.29, 1.82) is 0 Å². The van der Waals surface area contributed by atoms with Crippen LogP contribution in [0.25, 0.3) is 0 Å². The maximum atomic E-state index is 10.7. The van der Waals surface area contributed by atoms with E-state index in [2.05, 4.69) is 4.29 Å². The van der Waals surface area contributed by atoms with Crippen LogP contribution in [0.3, 0.4) is 0 Å². The Morgan fingerprint density at radius 2 is 2.07 bits per heavy atom. The van der Waals surface area contributed by atoms with Gasteiger partial charge in [-0.3, -0.25) is 4.79 Å². The third-order valence-electron chi connectivity index (χ3n) is 1.70. The van der Waals surface area contributed by atoms with Crippen LogP contribution < -0.4 is 0 Å². The van der Waals surface area contributed by atoms with E-state index in [0.717, 1.165) is 5.56 Å². The molecule has 1 aromatic carbocycles. The third kappa shape index (κ3) is 3.37. The SMILES string of the molecule is O=C(CCc1ccc(Cl)cc1Cl)OCl. The summed E-state index contributed by atoms with van der Waals surface area (Å²) in [7, 11) is 0. The second-order valence-corrected chi connectivity index (χ2v) is 3.68. The third-order valence-corrected chi connectivity index (χ3v) is 2.46. The molecule has 14 heavy (non-hydrogen) atoms. The zero-order valence-electron chi connectivity index (χ0n) is 7.10. The van der Waals surface area contributed by atoms with Gasteiger partial charge in [-0.2, -0.15) is 0 Å². The van der Waals surface area contributed by atoms with Crippen molar-refractivity contribution in [3.63, 3.8) is 0 Å². The van der Waals surface area contributed by atoms with E-state index in [4.69, 9.17) is 35.1 Å². The molecule has 0 fully saturated rings. The van der Waals surface area contributed by atoms with E-state index in [1.54, 1.807) is 18.2 Å². The molecule has 0 atom stereocenters. The van der Waals surface area contributed by atoms with Crippen LogP contribution in [-0.4, -0.2) is 5.97 Å². The number of rotatable bonds is 3. The first-order valence-corrected chi connectivity index (χ1v) is 4.95. The van der Waals surface area contributed by atoms with Gasteiger partial charge in [-0.15, -0.1) is 0 Å². The second-order valence-electron chi connectivity index (χ2n) is 2.68. The number of carbonyl (C=O) groups is 1. The largest absolute Gasteiger partial charge is 0.348 e. The van der Waals surface area contributed by atoms with Gasteiger partial charge in [0.25, 0.3) is 0 Å². The molecule has 0 unspecified atom stereocenters. The molecular formula is C9H7Cl3O2. The van der Waals surface area contributed by atoms with Gasteiger partial charge in [0.15, 0.2) is 0 Å². The molecule has 0 aliphatic rings. The van der Waals surface area contributed by atoms with E-state index in [1.165, 1.54) is 0 Å². The molecule has 0 amide bonds. The normalized spacial score (nSPS) is 9.93. The summed E-state index contributed by atoms with van der Waals surface area (Å²) in [5.41, 5.74) is 0.845. The van der Waals surface area contributed by atoms with Gasteiger partial charge in [0, 0.05) is 10.0 Å². The van der Waals surface area contributed by atoms with Crippen LogP contribution in [0, 0.1) is 0 Å². The lowest BCUT2D eigenvalue weighted by Gasteiger charge is -2.02. The number of hydrogen-bond donors (Lipinski definition) is 0. The quantitative estimate of drug-likeness (QED) is 0.822. The van der Waals surface area contributed by atoms with Crippen molar-refractivity contribution >= 4 is 41.0 Å². The molecule has 0 N–H and O–H groups in total. The lowest BCUT2D eigenvalue weighted by atomic mass is 10.1. The van der Waals surface area contributed by atoms with Crippen LogP contribution in [0.5, 0.6) is 0 Å². The Morgan fingerprint density at radius 3 is 2.64 bits per heavy atom. The monoisotopic (exact) mass is 252 g/mol. The molecule has 2 nitrogen and oxygen atoms in total. The predicted octanol–water partition coefficient (Wildman–Crippen LogP) is 3.62. The molecule has 1 rings (SSSR count). The summed E-state index contributed by atoms with van der Waals surface area (Å²) in [4.78, 5) is 10.7. The van der Waals surface area contributed by atoms with E-state index in [1.807, 2.05) is 0 Å². The van der Waals surface area contributed by atoms with Crippen molar-refractivity contribution in [3.8, 4) is 0 Å². The zero-order chi connectivity index (χ0) is 10.6. The molecule has 76 valence electrons. The first kappa shape index (κ1) is 11.6. The molecule has 1 aromatic rings. The molecule has 0 saturated carbocycles. The Kier molecular flexibility index (Phi) is 4.52. The highest BCUT2D eigenvalue weighted by Crippen LogP contribution is 2.22. The lowest BCUT2D eigenvalue weighted by Crippen LogP contribution is -1.99. The van der Waals surface area contributed by atoms with Crippen molar-refractivity contribution in [2.75, 3.05) is 0 Å². The smallest absolute Gasteiger partial charge is 0.325 e. The van der Waals surface area contributed by atoms with Crippen LogP contribution in [0.2, 0.25) is 10.0 Å². The van der Waals surface area contributed by atoms with Gasteiger partial charge >= 0.3 is 5.97 Å². The molecule has 0 spiro atoms. The molecule has 0 aromatic heterocycles. The number of halogens is 3. The average Bonchev–Trinajstić information content (AvgIpc) is 2.16. The molecule has 0 radical (unpaired) electrons. The Bertz CT molecular complexity index is 339. The molecular weight excluding hydrogens is 246 g/mol. The van der Waals surface area contributed by atoms with Crippen molar-refractivity contribution in [2.24, 2.45) is 0 Å². The fourth-order valence-electron chi connectivity index (χ4n) is 1.000. The Balaban J connectivity index is 2.63. The Morgan fingerprint density at radius 1 is 1.36 bits per heavy atom. The highest BCUT2D eigenvalue weighted by atomic mass is 35.5. The fraction of sp³-hybridized carbons (Fsp3) is 0.222. The molecule has 5 heteroatoms. The number of carbonyl (C=O) groups excluding carboxylic acids is 1. The second kappa shape index (κ2) is 5.44. The topological polar surface area (TPSA) is 26.3 Å². The summed E-state index contributed by atoms with van der Waals surface area (Å²) < 4.78 is 4.00. The number of benzene rings is 1. The fourth-order valence-corrected chi connectivity index (χ4v) is 1.58. The number of aryl methyl sites for hydroxylation is 1. The highest BCUT2D eigenvalue weighted by molar-refractivity contribution is 6.35. The van der Waals surface area contributed by atoms with Gasteiger partial charge in [-0.05, 0) is 24.1 Å². The van der Waals surface area contributed by atoms with Crippen molar-refractivity contribution < 1.29 is 9.08 Å². The van der Waals surface area contributed by atoms with Gasteiger partial charge in [-0.1, -0.05) is 29.3 Å². The first-order chi connectivity index (χ1) is 6.63. The summed E-state index contributed by atoms with van der Waals surface area (Å²) in [5.74, 6) is -0.474. The minimum absolute atomic E-state index is 0.199. The van der Waals surface area contributed by atoms with Crippen molar-refractivity contribution in [1.82, 2.24) is 0 Å². The number of hydrogen-bond acceptors (Lipinski definition) is 2. The average molecular weight is 254 g/mol. The molecule has 0 bridgehead atoms. The standard InChI is InChI=1S/C9H7Cl3O2/c10-7-3-1-6(8(11)5-7)2-4-9(13)14-12/h1,3,5H,2,4H2. The van der Waals surface area contributed by atoms with Crippen molar-refractivity contribution in [3.05, 3.63) is 33.8 Å². The van der Waals surface area contributed by atoms with Crippen LogP contribution >= 0.6 is 35.1 Å². The minimum atomic E-state index is -0.474. The van der Waals surface area contributed by atoms with Gasteiger partial charge in [0.05, 0.1) is 6.42 Å². The summed E-state index contributed by atoms with van der Waals surface area (Å²) >= 11 is 16.5. The summed E-state index contributed by atoms with van der Waals surface area (Å²) in [6.07, 6.45) is 0.687. The van der Waals surface area contributed by atoms with E-state index in [-0.39, 0.29) is 6.42 Å². The predicted molar refractivity (Wildman–Crippen MR) is 56.7 cm³/mol. The maximum absolute atomic E-state index is 10.7. The molecule has 0 saturated heterocycles. The molecule has 0 heterocycles. The van der Waals surface area contributed by atoms with Crippen LogP contribution in [0.4, 0.5) is 0 Å². The van der Waals surface area contributed by atoms with E-state index >= 15 is 0 Å². The van der Waals surface area contributed by atoms with E-state index in [9.17, 15) is 4.79 Å². The van der Waals surface area contributed by atoms with Gasteiger partial charge in [0.2, 0.25) is 0 Å². The van der Waals surface area contributed by atoms with Gasteiger partial charge in [0.1, 0.15) is 11.9 Å². The van der Waals surface area contributed by atoms with Crippen LogP contribution in [0.1, 0.15) is 12.0 Å². The van der Waals surface area contributed by atoms with Gasteiger partial charge in [-0.25, -0.2) is 0 Å². The van der Waals surface area contributed by atoms with E-state index in [0.29, 0.717) is 16.5 Å². The van der Waals surface area contributed by atoms with Crippen LogP contribution in [-0.2, 0) is 15.5 Å². The maximum Gasteiger partial charge on any atom is 0.325 e. The minimum Gasteiger partial charge on any atom is -0.348 e. The summed E-state index contributed by atoms with van der Waals surface area (Å²) in [5, 5.41) is 1.11. The highest BCUT2D eigenvalue weighted by Gasteiger charge is 2.05. The van der Waals surface area contributed by atoms with Crippen molar-refractivity contribution in [2.45, 2.75) is 12.8 Å². The Labute approximate surface area is 96.9 Å². The zero-order valence-corrected chi connectivity index (χ0v) is 9.36. The first-order valence-electron chi connectivity index (χ1n) is 3.89. The molecule has 0 aliphatic carbocycles.